The number of azide groups is 1. The molecule has 1 N–H and O–H groups in total. The summed E-state index contributed by atoms with van der Waals surface area (Å²) in [6, 6.07) is 15.1. The van der Waals surface area contributed by atoms with Gasteiger partial charge in [0.05, 0.1) is 20.3 Å². The minimum absolute atomic E-state index is 0.000708. The van der Waals surface area contributed by atoms with Gasteiger partial charge in [-0.25, -0.2) is 0 Å². The average molecular weight is 443 g/mol. The number of hydrogen-bond donors (Lipinski definition) is 1. The van der Waals surface area contributed by atoms with Crippen molar-refractivity contribution in [3.05, 3.63) is 70.6 Å². The third-order valence-corrected chi connectivity index (χ3v) is 4.83. The van der Waals surface area contributed by atoms with Gasteiger partial charge in [-0.15, -0.1) is 0 Å². The largest absolute Gasteiger partial charge is 0.497 e. The molecule has 0 saturated carbocycles. The summed E-state index contributed by atoms with van der Waals surface area (Å²) in [6.07, 6.45) is -4.49. The van der Waals surface area contributed by atoms with E-state index < -0.39 is 36.6 Å². The fourth-order valence-corrected chi connectivity index (χ4v) is 3.30. The predicted molar refractivity (Wildman–Crippen MR) is 113 cm³/mol. The molecule has 2 aromatic rings. The van der Waals surface area contributed by atoms with Crippen LogP contribution in [0.5, 0.6) is 11.5 Å². The Labute approximate surface area is 185 Å². The highest BCUT2D eigenvalue weighted by Crippen LogP contribution is 2.29. The minimum atomic E-state index is -1.29. The Kier molecular flexibility index (Phi) is 8.29. The highest BCUT2D eigenvalue weighted by atomic mass is 16.7. The predicted octanol–water partition coefficient (Wildman–Crippen LogP) is 2.99. The Morgan fingerprint density at radius 3 is 2.47 bits per heavy atom. The molecule has 1 heterocycles. The fourth-order valence-electron chi connectivity index (χ4n) is 3.30. The summed E-state index contributed by atoms with van der Waals surface area (Å²) in [5.74, 6) is 0.408. The number of carbonyl (C=O) groups is 1. The van der Waals surface area contributed by atoms with E-state index in [2.05, 4.69) is 10.0 Å². The summed E-state index contributed by atoms with van der Waals surface area (Å²) in [5.41, 5.74) is 9.98. The van der Waals surface area contributed by atoms with Crippen LogP contribution in [0, 0.1) is 0 Å². The standard InChI is InChI=1S/C22H25N3O7/c1-14(26)30-21-19(24-25-23)22(31-17-10-8-16(28-2)9-11-17)32-18(20(21)27)13-29-12-15-6-4-3-5-7-15/h3-11,18-22,27H,12-13H2,1-2H3/t18-,19-,20-,21-,22-/m1/s1. The average Bonchev–Trinajstić information content (AvgIpc) is 2.80. The zero-order chi connectivity index (χ0) is 22.9. The molecular formula is C22H25N3O7. The van der Waals surface area contributed by atoms with E-state index in [-0.39, 0.29) is 6.61 Å². The Morgan fingerprint density at radius 1 is 1.16 bits per heavy atom. The molecule has 3 rings (SSSR count). The summed E-state index contributed by atoms with van der Waals surface area (Å²) in [7, 11) is 1.54. The molecule has 170 valence electrons. The zero-order valence-electron chi connectivity index (χ0n) is 17.7. The molecule has 1 aliphatic rings. The molecule has 0 unspecified atom stereocenters. The van der Waals surface area contributed by atoms with Crippen molar-refractivity contribution in [2.75, 3.05) is 13.7 Å². The first-order valence-corrected chi connectivity index (χ1v) is 9.99. The Bertz CT molecular complexity index is 919. The van der Waals surface area contributed by atoms with Crippen LogP contribution in [0.25, 0.3) is 10.4 Å². The van der Waals surface area contributed by atoms with Crippen LogP contribution in [0.2, 0.25) is 0 Å². The van der Waals surface area contributed by atoms with E-state index >= 15 is 0 Å². The van der Waals surface area contributed by atoms with Crippen molar-refractivity contribution in [1.29, 1.82) is 0 Å². The number of rotatable bonds is 9. The van der Waals surface area contributed by atoms with Crippen LogP contribution in [-0.4, -0.2) is 55.4 Å². The van der Waals surface area contributed by atoms with Crippen molar-refractivity contribution >= 4 is 5.97 Å². The molecule has 0 spiro atoms. The second kappa shape index (κ2) is 11.4. The molecule has 0 amide bonds. The topological polar surface area (TPSA) is 132 Å². The van der Waals surface area contributed by atoms with Gasteiger partial charge in [0.15, 0.2) is 0 Å². The molecule has 1 fully saturated rings. The van der Waals surface area contributed by atoms with Gasteiger partial charge in [-0.1, -0.05) is 35.4 Å². The molecule has 2 aromatic carbocycles. The van der Waals surface area contributed by atoms with Crippen molar-refractivity contribution < 1.29 is 33.6 Å². The number of ether oxygens (including phenoxy) is 5. The number of methoxy groups -OCH3 is 1. The van der Waals surface area contributed by atoms with Gasteiger partial charge in [-0.05, 0) is 35.4 Å². The summed E-state index contributed by atoms with van der Waals surface area (Å²) in [6.45, 7) is 1.50. The number of esters is 1. The number of nitrogens with zero attached hydrogens (tertiary/aromatic N) is 3. The van der Waals surface area contributed by atoms with Gasteiger partial charge in [0.1, 0.15) is 35.9 Å². The Balaban J connectivity index is 1.77. The summed E-state index contributed by atoms with van der Waals surface area (Å²) >= 11 is 0. The molecule has 5 atom stereocenters. The lowest BCUT2D eigenvalue weighted by atomic mass is 9.97. The van der Waals surface area contributed by atoms with Crippen molar-refractivity contribution in [1.82, 2.24) is 0 Å². The highest BCUT2D eigenvalue weighted by molar-refractivity contribution is 5.66. The molecule has 1 saturated heterocycles. The molecule has 10 heteroatoms. The molecule has 1 aliphatic heterocycles. The van der Waals surface area contributed by atoms with Gasteiger partial charge in [0.25, 0.3) is 0 Å². The Hall–Kier alpha value is -3.30. The van der Waals surface area contributed by atoms with E-state index in [0.29, 0.717) is 18.1 Å². The second-order valence-corrected chi connectivity index (χ2v) is 7.10. The van der Waals surface area contributed by atoms with Crippen LogP contribution in [0.1, 0.15) is 12.5 Å². The molecule has 0 aliphatic carbocycles. The first-order chi connectivity index (χ1) is 15.5. The summed E-state index contributed by atoms with van der Waals surface area (Å²) < 4.78 is 27.9. The normalized spacial score (nSPS) is 24.8. The monoisotopic (exact) mass is 443 g/mol. The van der Waals surface area contributed by atoms with Crippen LogP contribution < -0.4 is 9.47 Å². The lowest BCUT2D eigenvalue weighted by Gasteiger charge is -2.42. The molecule has 0 radical (unpaired) electrons. The summed E-state index contributed by atoms with van der Waals surface area (Å²) in [4.78, 5) is 14.5. The van der Waals surface area contributed by atoms with E-state index in [0.717, 1.165) is 5.56 Å². The van der Waals surface area contributed by atoms with E-state index in [1.165, 1.54) is 6.92 Å². The lowest BCUT2D eigenvalue weighted by molar-refractivity contribution is -0.248. The van der Waals surface area contributed by atoms with Crippen LogP contribution in [0.15, 0.2) is 59.7 Å². The number of carbonyl (C=O) groups excluding carboxylic acids is 1. The zero-order valence-corrected chi connectivity index (χ0v) is 17.7. The number of benzene rings is 2. The van der Waals surface area contributed by atoms with Crippen LogP contribution >= 0.6 is 0 Å². The maximum Gasteiger partial charge on any atom is 0.303 e. The summed E-state index contributed by atoms with van der Waals surface area (Å²) in [5, 5.41) is 14.5. The van der Waals surface area contributed by atoms with Crippen LogP contribution in [-0.2, 0) is 25.6 Å². The van der Waals surface area contributed by atoms with Crippen molar-refractivity contribution in [2.45, 2.75) is 44.2 Å². The first-order valence-electron chi connectivity index (χ1n) is 9.99. The number of aliphatic hydroxyl groups excluding tert-OH is 1. The number of aliphatic hydroxyl groups is 1. The van der Waals surface area contributed by atoms with E-state index in [1.807, 2.05) is 30.3 Å². The maximum absolute atomic E-state index is 11.7. The van der Waals surface area contributed by atoms with Crippen molar-refractivity contribution in [3.8, 4) is 11.5 Å². The highest BCUT2D eigenvalue weighted by Gasteiger charge is 2.48. The quantitative estimate of drug-likeness (QED) is 0.273. The maximum atomic E-state index is 11.7. The van der Waals surface area contributed by atoms with E-state index in [4.69, 9.17) is 29.2 Å². The number of hydrogen-bond acceptors (Lipinski definition) is 8. The van der Waals surface area contributed by atoms with Crippen LogP contribution in [0.4, 0.5) is 0 Å². The van der Waals surface area contributed by atoms with Crippen molar-refractivity contribution in [3.63, 3.8) is 0 Å². The smallest absolute Gasteiger partial charge is 0.303 e. The fraction of sp³-hybridized carbons (Fsp3) is 0.409. The lowest BCUT2D eigenvalue weighted by Crippen LogP contribution is -2.60. The van der Waals surface area contributed by atoms with Crippen molar-refractivity contribution in [2.24, 2.45) is 5.11 Å². The molecule has 0 bridgehead atoms. The van der Waals surface area contributed by atoms with E-state index in [1.54, 1.807) is 31.4 Å². The molecule has 10 nitrogen and oxygen atoms in total. The molecule has 32 heavy (non-hydrogen) atoms. The first kappa shape index (κ1) is 23.4. The third-order valence-electron chi connectivity index (χ3n) is 4.83. The third kappa shape index (κ3) is 6.12. The van der Waals surface area contributed by atoms with Gasteiger partial charge >= 0.3 is 5.97 Å². The van der Waals surface area contributed by atoms with Gasteiger partial charge in [0.2, 0.25) is 6.29 Å². The van der Waals surface area contributed by atoms with Gasteiger partial charge in [-0.3, -0.25) is 4.79 Å². The van der Waals surface area contributed by atoms with Gasteiger partial charge < -0.3 is 28.8 Å². The van der Waals surface area contributed by atoms with E-state index in [9.17, 15) is 9.90 Å². The van der Waals surface area contributed by atoms with Gasteiger partial charge in [0, 0.05) is 11.8 Å². The molecule has 0 aromatic heterocycles. The van der Waals surface area contributed by atoms with Crippen LogP contribution in [0.3, 0.4) is 0 Å². The second-order valence-electron chi connectivity index (χ2n) is 7.10. The SMILES string of the molecule is COc1ccc(O[C@@H]2O[C@H](COCc3ccccc3)[C@@H](O)[C@H](OC(C)=O)[C@H]2N=[N+]=[N-])cc1. The minimum Gasteiger partial charge on any atom is -0.497 e. The Morgan fingerprint density at radius 2 is 1.84 bits per heavy atom. The van der Waals surface area contributed by atoms with Gasteiger partial charge in [-0.2, -0.15) is 0 Å². The molecular weight excluding hydrogens is 418 g/mol.